The van der Waals surface area contributed by atoms with Crippen molar-refractivity contribution in [2.24, 2.45) is 0 Å². The van der Waals surface area contributed by atoms with E-state index < -0.39 is 0 Å². The van der Waals surface area contributed by atoms with E-state index in [0.29, 0.717) is 6.42 Å². The second-order valence-corrected chi connectivity index (χ2v) is 4.98. The summed E-state index contributed by atoms with van der Waals surface area (Å²) in [6.07, 6.45) is 6.12. The third kappa shape index (κ3) is 1.67. The van der Waals surface area contributed by atoms with Gasteiger partial charge in [-0.2, -0.15) is 0 Å². The Hall–Kier alpha value is -1.90. The molecule has 0 bridgehead atoms. The molecule has 3 rings (SSSR count). The van der Waals surface area contributed by atoms with Crippen LogP contribution in [0.25, 0.3) is 16.6 Å². The molecule has 0 aliphatic heterocycles. The van der Waals surface area contributed by atoms with Gasteiger partial charge in [0.05, 0.1) is 17.4 Å². The molecule has 3 nitrogen and oxygen atoms in total. The summed E-state index contributed by atoms with van der Waals surface area (Å²) in [7, 11) is 0. The van der Waals surface area contributed by atoms with Crippen molar-refractivity contribution in [3.05, 3.63) is 35.2 Å². The molecule has 1 heterocycles. The fourth-order valence-electron chi connectivity index (χ4n) is 2.69. The van der Waals surface area contributed by atoms with E-state index in [0.717, 1.165) is 35.0 Å². The van der Waals surface area contributed by atoms with Gasteiger partial charge in [-0.05, 0) is 55.5 Å². The predicted octanol–water partition coefficient (Wildman–Crippen LogP) is 3.32. The summed E-state index contributed by atoms with van der Waals surface area (Å²) in [6.45, 7) is 4.21. The summed E-state index contributed by atoms with van der Waals surface area (Å²) >= 11 is 0. The van der Waals surface area contributed by atoms with Crippen molar-refractivity contribution < 1.29 is 4.79 Å². The lowest BCUT2D eigenvalue weighted by Crippen LogP contribution is -2.04. The molecule has 1 aromatic carbocycles. The largest absolute Gasteiger partial charge is 0.345 e. The Morgan fingerprint density at radius 1 is 1.28 bits per heavy atom. The van der Waals surface area contributed by atoms with Crippen LogP contribution in [0.2, 0.25) is 0 Å². The third-order valence-electron chi connectivity index (χ3n) is 3.76. The lowest BCUT2D eigenvalue weighted by molar-refractivity contribution is -0.114. The van der Waals surface area contributed by atoms with Gasteiger partial charge in [0, 0.05) is 12.0 Å². The van der Waals surface area contributed by atoms with Gasteiger partial charge in [0.2, 0.25) is 0 Å². The van der Waals surface area contributed by atoms with E-state index in [2.05, 4.69) is 29.9 Å². The molecule has 0 amide bonds. The number of allylic oxidation sites excluding steroid dienone is 2. The number of carbonyl (C=O) groups excluding carboxylic acids is 1. The molecule has 0 unspecified atom stereocenters. The number of hydrogen-bond donors (Lipinski definition) is 1. The molecular weight excluding hydrogens is 224 g/mol. The number of aryl methyl sites for hydroxylation is 1. The lowest BCUT2D eigenvalue weighted by Gasteiger charge is -2.16. The first-order chi connectivity index (χ1) is 8.66. The van der Waals surface area contributed by atoms with Crippen LogP contribution in [0.4, 0.5) is 0 Å². The van der Waals surface area contributed by atoms with E-state index in [4.69, 9.17) is 0 Å². The van der Waals surface area contributed by atoms with E-state index in [1.54, 1.807) is 12.4 Å². The highest BCUT2D eigenvalue weighted by Gasteiger charge is 2.18. The number of aromatic nitrogens is 2. The third-order valence-corrected chi connectivity index (χ3v) is 3.76. The summed E-state index contributed by atoms with van der Waals surface area (Å²) in [5.41, 5.74) is 6.80. The summed E-state index contributed by atoms with van der Waals surface area (Å²) in [5, 5.41) is 0. The summed E-state index contributed by atoms with van der Waals surface area (Å²) < 4.78 is 0. The zero-order chi connectivity index (χ0) is 12.7. The van der Waals surface area contributed by atoms with Crippen LogP contribution in [-0.2, 0) is 4.79 Å². The molecule has 1 aliphatic carbocycles. The number of rotatable bonds is 1. The minimum absolute atomic E-state index is 0.237. The average Bonchev–Trinajstić information content (AvgIpc) is 2.78. The molecule has 2 aromatic rings. The number of aromatic amines is 1. The Morgan fingerprint density at radius 2 is 2.11 bits per heavy atom. The predicted molar refractivity (Wildman–Crippen MR) is 72.4 cm³/mol. The number of imidazole rings is 1. The molecule has 3 heteroatoms. The maximum absolute atomic E-state index is 11.6. The Kier molecular flexibility index (Phi) is 2.54. The molecule has 0 fully saturated rings. The van der Waals surface area contributed by atoms with Gasteiger partial charge >= 0.3 is 0 Å². The molecule has 1 aliphatic rings. The lowest BCUT2D eigenvalue weighted by atomic mass is 9.88. The number of carbonyl (C=O) groups is 1. The number of H-pyrrole nitrogens is 1. The van der Waals surface area contributed by atoms with Gasteiger partial charge in [0.1, 0.15) is 0 Å². The van der Waals surface area contributed by atoms with Crippen LogP contribution in [0.1, 0.15) is 36.0 Å². The van der Waals surface area contributed by atoms with Gasteiger partial charge in [-0.15, -0.1) is 0 Å². The summed E-state index contributed by atoms with van der Waals surface area (Å²) in [4.78, 5) is 19.2. The van der Waals surface area contributed by atoms with E-state index in [-0.39, 0.29) is 5.78 Å². The van der Waals surface area contributed by atoms with Gasteiger partial charge < -0.3 is 4.98 Å². The Morgan fingerprint density at radius 3 is 2.89 bits per heavy atom. The smallest absolute Gasteiger partial charge is 0.155 e. The molecule has 0 radical (unpaired) electrons. The minimum Gasteiger partial charge on any atom is -0.345 e. The molecule has 1 aromatic heterocycles. The first-order valence-corrected chi connectivity index (χ1v) is 6.34. The maximum Gasteiger partial charge on any atom is 0.155 e. The summed E-state index contributed by atoms with van der Waals surface area (Å²) in [6, 6.07) is 2.12. The van der Waals surface area contributed by atoms with Crippen molar-refractivity contribution in [3.8, 4) is 0 Å². The first-order valence-electron chi connectivity index (χ1n) is 6.34. The fraction of sp³-hybridized carbons (Fsp3) is 0.333. The topological polar surface area (TPSA) is 45.8 Å². The summed E-state index contributed by atoms with van der Waals surface area (Å²) in [5.74, 6) is 0.237. The second kappa shape index (κ2) is 4.09. The zero-order valence-electron chi connectivity index (χ0n) is 10.7. The van der Waals surface area contributed by atoms with E-state index in [1.165, 1.54) is 11.1 Å². The quantitative estimate of drug-likeness (QED) is 0.831. The van der Waals surface area contributed by atoms with Crippen molar-refractivity contribution in [1.82, 2.24) is 9.97 Å². The van der Waals surface area contributed by atoms with Crippen LogP contribution in [0.5, 0.6) is 0 Å². The van der Waals surface area contributed by atoms with Gasteiger partial charge in [-0.25, -0.2) is 4.98 Å². The number of nitrogens with zero attached hydrogens (tertiary/aromatic N) is 1. The highest BCUT2D eigenvalue weighted by atomic mass is 16.1. The van der Waals surface area contributed by atoms with Crippen LogP contribution in [0, 0.1) is 13.8 Å². The molecule has 0 saturated heterocycles. The van der Waals surface area contributed by atoms with Crippen molar-refractivity contribution in [2.45, 2.75) is 33.1 Å². The second-order valence-electron chi connectivity index (χ2n) is 4.98. The standard InChI is InChI=1S/C15H16N2O/c1-9-6-13-15(17-8-16-13)14(10(9)2)11-4-3-5-12(18)7-11/h6-8H,3-5H2,1-2H3,(H,16,17). The van der Waals surface area contributed by atoms with Crippen molar-refractivity contribution in [2.75, 3.05) is 0 Å². The highest BCUT2D eigenvalue weighted by molar-refractivity contribution is 6.02. The number of nitrogens with one attached hydrogen (secondary N) is 1. The van der Waals surface area contributed by atoms with Crippen molar-refractivity contribution in [3.63, 3.8) is 0 Å². The minimum atomic E-state index is 0.237. The average molecular weight is 240 g/mol. The number of ketones is 1. The number of hydrogen-bond acceptors (Lipinski definition) is 2. The molecule has 92 valence electrons. The first kappa shape index (κ1) is 11.2. The number of fused-ring (bicyclic) bond motifs is 1. The Balaban J connectivity index is 2.30. The van der Waals surface area contributed by atoms with Crippen LogP contribution in [0.3, 0.4) is 0 Å². The van der Waals surface area contributed by atoms with Crippen LogP contribution in [-0.4, -0.2) is 15.8 Å². The highest BCUT2D eigenvalue weighted by Crippen LogP contribution is 2.33. The van der Waals surface area contributed by atoms with E-state index in [9.17, 15) is 4.79 Å². The van der Waals surface area contributed by atoms with Crippen LogP contribution < -0.4 is 0 Å². The maximum atomic E-state index is 11.6. The Bertz CT molecular complexity index is 664. The SMILES string of the molecule is Cc1cc2[nH]cnc2c(C2=CC(=O)CCC2)c1C. The molecule has 18 heavy (non-hydrogen) atoms. The normalized spacial score (nSPS) is 16.1. The van der Waals surface area contributed by atoms with Gasteiger partial charge in [0.25, 0.3) is 0 Å². The van der Waals surface area contributed by atoms with Crippen LogP contribution in [0.15, 0.2) is 18.5 Å². The molecule has 0 atom stereocenters. The van der Waals surface area contributed by atoms with Crippen LogP contribution >= 0.6 is 0 Å². The van der Waals surface area contributed by atoms with Gasteiger partial charge in [0.15, 0.2) is 5.78 Å². The van der Waals surface area contributed by atoms with E-state index >= 15 is 0 Å². The molecule has 0 saturated carbocycles. The Labute approximate surface area is 106 Å². The van der Waals surface area contributed by atoms with Gasteiger partial charge in [-0.1, -0.05) is 0 Å². The number of benzene rings is 1. The van der Waals surface area contributed by atoms with Gasteiger partial charge in [-0.3, -0.25) is 4.79 Å². The molecule has 0 spiro atoms. The molecular formula is C15H16N2O. The van der Waals surface area contributed by atoms with Crippen molar-refractivity contribution >= 4 is 22.4 Å². The van der Waals surface area contributed by atoms with Crippen molar-refractivity contribution in [1.29, 1.82) is 0 Å². The monoisotopic (exact) mass is 240 g/mol. The molecule has 1 N–H and O–H groups in total. The zero-order valence-corrected chi connectivity index (χ0v) is 10.7. The van der Waals surface area contributed by atoms with E-state index in [1.807, 2.05) is 0 Å². The fourth-order valence-corrected chi connectivity index (χ4v) is 2.69.